The number of alkyl halides is 3. The zero-order chi connectivity index (χ0) is 15.3. The Morgan fingerprint density at radius 3 is 2.30 bits per heavy atom. The van der Waals surface area contributed by atoms with E-state index in [1.54, 1.807) is 25.1 Å². The second kappa shape index (κ2) is 6.83. The average molecular weight is 291 g/mol. The summed E-state index contributed by atoms with van der Waals surface area (Å²) in [7, 11) is 3.06. The first-order valence-corrected chi connectivity index (χ1v) is 6.31. The molecule has 2 unspecified atom stereocenters. The fraction of sp³-hybridized carbons (Fsp3) is 0.571. The minimum absolute atomic E-state index is 0.280. The first-order valence-electron chi connectivity index (χ1n) is 6.31. The van der Waals surface area contributed by atoms with Crippen LogP contribution < -0.4 is 14.8 Å². The van der Waals surface area contributed by atoms with Crippen molar-refractivity contribution in [2.45, 2.75) is 38.5 Å². The summed E-state index contributed by atoms with van der Waals surface area (Å²) in [5.41, 5.74) is 0.765. The number of benzene rings is 1. The summed E-state index contributed by atoms with van der Waals surface area (Å²) in [6, 6.07) is 4.28. The molecule has 0 fully saturated rings. The lowest BCUT2D eigenvalue weighted by atomic mass is 10.0. The Morgan fingerprint density at radius 2 is 1.80 bits per heavy atom. The van der Waals surface area contributed by atoms with Gasteiger partial charge in [0.1, 0.15) is 11.5 Å². The zero-order valence-corrected chi connectivity index (χ0v) is 12.0. The van der Waals surface area contributed by atoms with Gasteiger partial charge in [-0.1, -0.05) is 0 Å². The van der Waals surface area contributed by atoms with Gasteiger partial charge in [0, 0.05) is 17.6 Å². The maximum Gasteiger partial charge on any atom is 0.390 e. The van der Waals surface area contributed by atoms with Crippen molar-refractivity contribution >= 4 is 0 Å². The third kappa shape index (κ3) is 4.92. The van der Waals surface area contributed by atoms with Crippen molar-refractivity contribution in [1.82, 2.24) is 5.32 Å². The highest BCUT2D eigenvalue weighted by Crippen LogP contribution is 2.30. The van der Waals surface area contributed by atoms with Gasteiger partial charge in [-0.15, -0.1) is 0 Å². The van der Waals surface area contributed by atoms with E-state index in [2.05, 4.69) is 5.32 Å². The van der Waals surface area contributed by atoms with Crippen molar-refractivity contribution in [1.29, 1.82) is 0 Å². The Bertz CT molecular complexity index is 435. The number of halogens is 3. The molecule has 1 aromatic carbocycles. The Labute approximate surface area is 117 Å². The lowest BCUT2D eigenvalue weighted by molar-refractivity contribution is -0.139. The molecular weight excluding hydrogens is 271 g/mol. The molecule has 0 aliphatic carbocycles. The summed E-state index contributed by atoms with van der Waals surface area (Å²) in [6.45, 7) is 3.31. The smallest absolute Gasteiger partial charge is 0.390 e. The molecular formula is C14H20F3NO2. The fourth-order valence-corrected chi connectivity index (χ4v) is 2.10. The van der Waals surface area contributed by atoms with Crippen LogP contribution in [0.1, 0.15) is 31.9 Å². The first-order chi connectivity index (χ1) is 9.26. The van der Waals surface area contributed by atoms with Crippen molar-refractivity contribution in [3.05, 3.63) is 23.8 Å². The Kier molecular flexibility index (Phi) is 5.68. The summed E-state index contributed by atoms with van der Waals surface area (Å²) in [6.07, 6.45) is -5.05. The van der Waals surface area contributed by atoms with Crippen LogP contribution in [0.3, 0.4) is 0 Å². The highest BCUT2D eigenvalue weighted by atomic mass is 19.4. The zero-order valence-electron chi connectivity index (χ0n) is 12.0. The Hall–Kier alpha value is -1.43. The highest BCUT2D eigenvalue weighted by molar-refractivity contribution is 5.42. The third-order valence-electron chi connectivity index (χ3n) is 2.98. The van der Waals surface area contributed by atoms with Crippen LogP contribution in [0.5, 0.6) is 11.5 Å². The Morgan fingerprint density at radius 1 is 1.15 bits per heavy atom. The number of ether oxygens (including phenoxy) is 2. The van der Waals surface area contributed by atoms with Crippen molar-refractivity contribution < 1.29 is 22.6 Å². The van der Waals surface area contributed by atoms with Gasteiger partial charge in [-0.3, -0.25) is 0 Å². The summed E-state index contributed by atoms with van der Waals surface area (Å²) in [5, 5.41) is 2.92. The molecule has 0 aromatic heterocycles. The van der Waals surface area contributed by atoms with E-state index < -0.39 is 18.6 Å². The minimum atomic E-state index is -4.18. The van der Waals surface area contributed by atoms with Gasteiger partial charge in [-0.25, -0.2) is 0 Å². The number of hydrogen-bond donors (Lipinski definition) is 1. The van der Waals surface area contributed by atoms with Crippen LogP contribution in [0, 0.1) is 0 Å². The van der Waals surface area contributed by atoms with E-state index in [0.29, 0.717) is 11.5 Å². The van der Waals surface area contributed by atoms with Crippen LogP contribution in [0.15, 0.2) is 18.2 Å². The molecule has 1 N–H and O–H groups in total. The lowest BCUT2D eigenvalue weighted by Gasteiger charge is -2.23. The molecule has 6 heteroatoms. The number of methoxy groups -OCH3 is 2. The van der Waals surface area contributed by atoms with Crippen LogP contribution in [-0.2, 0) is 0 Å². The average Bonchev–Trinajstić information content (AvgIpc) is 2.35. The van der Waals surface area contributed by atoms with E-state index in [1.165, 1.54) is 21.1 Å². The highest BCUT2D eigenvalue weighted by Gasteiger charge is 2.30. The molecule has 0 saturated heterocycles. The molecule has 0 bridgehead atoms. The molecule has 0 radical (unpaired) electrons. The monoisotopic (exact) mass is 291 g/mol. The molecule has 20 heavy (non-hydrogen) atoms. The second-order valence-corrected chi connectivity index (χ2v) is 4.72. The van der Waals surface area contributed by atoms with E-state index in [1.807, 2.05) is 0 Å². The maximum atomic E-state index is 12.3. The summed E-state index contributed by atoms with van der Waals surface area (Å²) in [5.74, 6) is 1.25. The summed E-state index contributed by atoms with van der Waals surface area (Å²) >= 11 is 0. The predicted molar refractivity (Wildman–Crippen MR) is 71.2 cm³/mol. The van der Waals surface area contributed by atoms with E-state index in [4.69, 9.17) is 9.47 Å². The maximum absolute atomic E-state index is 12.3. The fourth-order valence-electron chi connectivity index (χ4n) is 2.10. The van der Waals surface area contributed by atoms with E-state index in [-0.39, 0.29) is 6.04 Å². The SMILES string of the molecule is COc1ccc(OC)c(C(C)NC(C)CC(F)(F)F)c1. The van der Waals surface area contributed by atoms with Gasteiger partial charge in [-0.05, 0) is 32.0 Å². The molecule has 0 aliphatic heterocycles. The lowest BCUT2D eigenvalue weighted by Crippen LogP contribution is -2.33. The minimum Gasteiger partial charge on any atom is -0.497 e. The van der Waals surface area contributed by atoms with Gasteiger partial charge in [-0.2, -0.15) is 13.2 Å². The molecule has 3 nitrogen and oxygen atoms in total. The van der Waals surface area contributed by atoms with Crippen molar-refractivity contribution in [3.63, 3.8) is 0 Å². The van der Waals surface area contributed by atoms with Crippen LogP contribution in [0.25, 0.3) is 0 Å². The van der Waals surface area contributed by atoms with Gasteiger partial charge in [0.15, 0.2) is 0 Å². The number of rotatable bonds is 6. The molecule has 1 rings (SSSR count). The number of nitrogens with one attached hydrogen (secondary N) is 1. The molecule has 0 aliphatic rings. The second-order valence-electron chi connectivity index (χ2n) is 4.72. The molecule has 1 aromatic rings. The largest absolute Gasteiger partial charge is 0.497 e. The van der Waals surface area contributed by atoms with E-state index >= 15 is 0 Å². The van der Waals surface area contributed by atoms with Crippen LogP contribution in [0.2, 0.25) is 0 Å². The molecule has 0 spiro atoms. The van der Waals surface area contributed by atoms with Crippen molar-refractivity contribution in [2.75, 3.05) is 14.2 Å². The van der Waals surface area contributed by atoms with Gasteiger partial charge >= 0.3 is 6.18 Å². The molecule has 0 saturated carbocycles. The topological polar surface area (TPSA) is 30.5 Å². The van der Waals surface area contributed by atoms with E-state index in [9.17, 15) is 13.2 Å². The van der Waals surface area contributed by atoms with Gasteiger partial charge in [0.25, 0.3) is 0 Å². The van der Waals surface area contributed by atoms with Gasteiger partial charge in [0.05, 0.1) is 20.6 Å². The van der Waals surface area contributed by atoms with Crippen LogP contribution in [0.4, 0.5) is 13.2 Å². The third-order valence-corrected chi connectivity index (χ3v) is 2.98. The summed E-state index contributed by atoms with van der Waals surface area (Å²) in [4.78, 5) is 0. The standard InChI is InChI=1S/C14H20F3NO2/c1-9(8-14(15,16)17)18-10(2)12-7-11(19-3)5-6-13(12)20-4/h5-7,9-10,18H,8H2,1-4H3. The first kappa shape index (κ1) is 16.6. The Balaban J connectivity index is 2.82. The molecule has 0 amide bonds. The molecule has 2 atom stereocenters. The van der Waals surface area contributed by atoms with Crippen molar-refractivity contribution in [2.24, 2.45) is 0 Å². The van der Waals surface area contributed by atoms with Gasteiger partial charge in [0.2, 0.25) is 0 Å². The van der Waals surface area contributed by atoms with Crippen LogP contribution in [-0.4, -0.2) is 26.4 Å². The van der Waals surface area contributed by atoms with Crippen molar-refractivity contribution in [3.8, 4) is 11.5 Å². The number of hydrogen-bond acceptors (Lipinski definition) is 3. The molecule has 0 heterocycles. The summed E-state index contributed by atoms with van der Waals surface area (Å²) < 4.78 is 47.4. The van der Waals surface area contributed by atoms with Crippen LogP contribution >= 0.6 is 0 Å². The quantitative estimate of drug-likeness (QED) is 0.867. The van der Waals surface area contributed by atoms with E-state index in [0.717, 1.165) is 5.56 Å². The normalized spacial score (nSPS) is 14.8. The van der Waals surface area contributed by atoms with Gasteiger partial charge < -0.3 is 14.8 Å². The molecule has 114 valence electrons. The predicted octanol–water partition coefficient (Wildman–Crippen LogP) is 3.70.